The molecule has 0 radical (unpaired) electrons. The minimum absolute atomic E-state index is 0. The topological polar surface area (TPSA) is 93.5 Å². The lowest BCUT2D eigenvalue weighted by Crippen LogP contribution is -2.49. The fraction of sp³-hybridized carbons (Fsp3) is 0.556. The SMILES string of the molecule is CC(NC(=O)C1(CN)CCOCC1)c1ccc2c(c1)CCC(=O)N2.Cl. The van der Waals surface area contributed by atoms with Crippen LogP contribution in [0.3, 0.4) is 0 Å². The molecule has 138 valence electrons. The quantitative estimate of drug-likeness (QED) is 0.758. The van der Waals surface area contributed by atoms with Crippen molar-refractivity contribution in [1.82, 2.24) is 5.32 Å². The molecule has 1 saturated heterocycles. The molecular formula is C18H26ClN3O3. The largest absolute Gasteiger partial charge is 0.381 e. The van der Waals surface area contributed by atoms with Gasteiger partial charge in [0.15, 0.2) is 0 Å². The van der Waals surface area contributed by atoms with Gasteiger partial charge in [0, 0.05) is 31.9 Å². The zero-order chi connectivity index (χ0) is 17.2. The molecule has 3 rings (SSSR count). The molecule has 0 aromatic heterocycles. The van der Waals surface area contributed by atoms with Crippen LogP contribution in [0, 0.1) is 5.41 Å². The number of anilines is 1. The molecule has 1 atom stereocenters. The van der Waals surface area contributed by atoms with E-state index in [-0.39, 0.29) is 30.3 Å². The lowest BCUT2D eigenvalue weighted by molar-refractivity contribution is -0.136. The molecule has 1 aromatic carbocycles. The Morgan fingerprint density at radius 1 is 1.36 bits per heavy atom. The maximum atomic E-state index is 12.8. The van der Waals surface area contributed by atoms with E-state index >= 15 is 0 Å². The van der Waals surface area contributed by atoms with Crippen LogP contribution in [0.4, 0.5) is 5.69 Å². The molecule has 0 saturated carbocycles. The van der Waals surface area contributed by atoms with Crippen LogP contribution >= 0.6 is 12.4 Å². The zero-order valence-electron chi connectivity index (χ0n) is 14.5. The highest BCUT2D eigenvalue weighted by Gasteiger charge is 2.39. The Kier molecular flexibility index (Phi) is 6.43. The Balaban J connectivity index is 0.00000225. The van der Waals surface area contributed by atoms with Crippen LogP contribution in [0.15, 0.2) is 18.2 Å². The van der Waals surface area contributed by atoms with E-state index in [2.05, 4.69) is 16.7 Å². The molecule has 4 N–H and O–H groups in total. The molecule has 2 aliphatic heterocycles. The number of hydrogen-bond donors (Lipinski definition) is 3. The molecule has 0 spiro atoms. The van der Waals surface area contributed by atoms with E-state index in [9.17, 15) is 9.59 Å². The van der Waals surface area contributed by atoms with Crippen molar-refractivity contribution in [3.63, 3.8) is 0 Å². The Labute approximate surface area is 154 Å². The number of benzene rings is 1. The van der Waals surface area contributed by atoms with Crippen LogP contribution in [-0.2, 0) is 20.7 Å². The van der Waals surface area contributed by atoms with E-state index in [1.54, 1.807) is 0 Å². The third kappa shape index (κ3) is 4.14. The van der Waals surface area contributed by atoms with Gasteiger partial charge in [-0.25, -0.2) is 0 Å². The molecule has 7 heteroatoms. The number of aryl methyl sites for hydroxylation is 1. The lowest BCUT2D eigenvalue weighted by Gasteiger charge is -2.35. The van der Waals surface area contributed by atoms with Gasteiger partial charge in [0.1, 0.15) is 0 Å². The average molecular weight is 368 g/mol. The number of amides is 2. The number of nitrogens with one attached hydrogen (secondary N) is 2. The minimum Gasteiger partial charge on any atom is -0.381 e. The van der Waals surface area contributed by atoms with E-state index in [4.69, 9.17) is 10.5 Å². The van der Waals surface area contributed by atoms with Crippen molar-refractivity contribution in [2.24, 2.45) is 11.1 Å². The summed E-state index contributed by atoms with van der Waals surface area (Å²) in [4.78, 5) is 24.2. The first-order chi connectivity index (χ1) is 11.5. The molecule has 2 aliphatic rings. The first-order valence-electron chi connectivity index (χ1n) is 8.55. The number of halogens is 1. The van der Waals surface area contributed by atoms with Crippen LogP contribution in [0.25, 0.3) is 0 Å². The highest BCUT2D eigenvalue weighted by atomic mass is 35.5. The monoisotopic (exact) mass is 367 g/mol. The van der Waals surface area contributed by atoms with E-state index in [1.165, 1.54) is 0 Å². The Morgan fingerprint density at radius 2 is 2.08 bits per heavy atom. The molecule has 25 heavy (non-hydrogen) atoms. The second-order valence-electron chi connectivity index (χ2n) is 6.76. The van der Waals surface area contributed by atoms with Crippen molar-refractivity contribution in [2.45, 2.75) is 38.6 Å². The zero-order valence-corrected chi connectivity index (χ0v) is 15.3. The number of carbonyl (C=O) groups is 2. The molecule has 1 unspecified atom stereocenters. The number of hydrogen-bond acceptors (Lipinski definition) is 4. The molecule has 2 heterocycles. The third-order valence-corrected chi connectivity index (χ3v) is 5.19. The standard InChI is InChI=1S/C18H25N3O3.ClH/c1-12(20-17(23)18(11-19)6-8-24-9-7-18)13-2-4-15-14(10-13)3-5-16(22)21-15;/h2,4,10,12H,3,5-9,11,19H2,1H3,(H,20,23)(H,21,22);1H. The Morgan fingerprint density at radius 3 is 2.76 bits per heavy atom. The van der Waals surface area contributed by atoms with Gasteiger partial charge in [-0.15, -0.1) is 12.4 Å². The van der Waals surface area contributed by atoms with Gasteiger partial charge in [-0.05, 0) is 43.4 Å². The lowest BCUT2D eigenvalue weighted by atomic mass is 9.79. The highest BCUT2D eigenvalue weighted by molar-refractivity contribution is 5.94. The van der Waals surface area contributed by atoms with Crippen molar-refractivity contribution in [3.05, 3.63) is 29.3 Å². The predicted octanol–water partition coefficient (Wildman–Crippen LogP) is 1.93. The maximum Gasteiger partial charge on any atom is 0.228 e. The summed E-state index contributed by atoms with van der Waals surface area (Å²) in [6.07, 6.45) is 2.57. The molecule has 2 amide bonds. The van der Waals surface area contributed by atoms with Crippen molar-refractivity contribution in [3.8, 4) is 0 Å². The summed E-state index contributed by atoms with van der Waals surface area (Å²) in [5.41, 5.74) is 8.41. The summed E-state index contributed by atoms with van der Waals surface area (Å²) < 4.78 is 5.37. The van der Waals surface area contributed by atoms with Gasteiger partial charge in [-0.3, -0.25) is 9.59 Å². The van der Waals surface area contributed by atoms with Crippen molar-refractivity contribution >= 4 is 29.9 Å². The minimum atomic E-state index is -0.519. The maximum absolute atomic E-state index is 12.8. The smallest absolute Gasteiger partial charge is 0.228 e. The van der Waals surface area contributed by atoms with Crippen LogP contribution < -0.4 is 16.4 Å². The molecular weight excluding hydrogens is 342 g/mol. The van der Waals surface area contributed by atoms with Gasteiger partial charge in [-0.1, -0.05) is 12.1 Å². The highest BCUT2D eigenvalue weighted by Crippen LogP contribution is 2.31. The van der Waals surface area contributed by atoms with E-state index < -0.39 is 5.41 Å². The summed E-state index contributed by atoms with van der Waals surface area (Å²) in [7, 11) is 0. The second kappa shape index (κ2) is 8.17. The number of ether oxygens (including phenoxy) is 1. The number of fused-ring (bicyclic) bond motifs is 1. The molecule has 6 nitrogen and oxygen atoms in total. The van der Waals surface area contributed by atoms with E-state index in [0.29, 0.717) is 39.0 Å². The van der Waals surface area contributed by atoms with Crippen LogP contribution in [0.5, 0.6) is 0 Å². The van der Waals surface area contributed by atoms with Crippen molar-refractivity contribution < 1.29 is 14.3 Å². The summed E-state index contributed by atoms with van der Waals surface area (Å²) >= 11 is 0. The molecule has 1 fully saturated rings. The van der Waals surface area contributed by atoms with Gasteiger partial charge in [0.05, 0.1) is 11.5 Å². The number of carbonyl (C=O) groups excluding carboxylic acids is 2. The Bertz CT molecular complexity index is 644. The van der Waals surface area contributed by atoms with Crippen molar-refractivity contribution in [2.75, 3.05) is 25.1 Å². The van der Waals surface area contributed by atoms with Crippen LogP contribution in [0.1, 0.15) is 43.4 Å². The number of nitrogens with two attached hydrogens (primary N) is 1. The number of rotatable bonds is 4. The van der Waals surface area contributed by atoms with Crippen molar-refractivity contribution in [1.29, 1.82) is 0 Å². The van der Waals surface area contributed by atoms with Crippen LogP contribution in [-0.4, -0.2) is 31.6 Å². The van der Waals surface area contributed by atoms with E-state index in [0.717, 1.165) is 23.2 Å². The molecule has 0 bridgehead atoms. The van der Waals surface area contributed by atoms with Crippen LogP contribution in [0.2, 0.25) is 0 Å². The predicted molar refractivity (Wildman–Crippen MR) is 98.7 cm³/mol. The summed E-state index contributed by atoms with van der Waals surface area (Å²) in [6, 6.07) is 5.83. The van der Waals surface area contributed by atoms with Gasteiger partial charge < -0.3 is 21.1 Å². The summed E-state index contributed by atoms with van der Waals surface area (Å²) in [6.45, 7) is 3.48. The summed E-state index contributed by atoms with van der Waals surface area (Å²) in [5.74, 6) is 0.0628. The summed E-state index contributed by atoms with van der Waals surface area (Å²) in [5, 5.41) is 5.99. The Hall–Kier alpha value is -1.63. The normalized spacial score (nSPS) is 19.8. The van der Waals surface area contributed by atoms with Gasteiger partial charge >= 0.3 is 0 Å². The van der Waals surface area contributed by atoms with Gasteiger partial charge in [-0.2, -0.15) is 0 Å². The first-order valence-corrected chi connectivity index (χ1v) is 8.55. The second-order valence-corrected chi connectivity index (χ2v) is 6.76. The first kappa shape index (κ1) is 19.7. The fourth-order valence-electron chi connectivity index (χ4n) is 3.39. The molecule has 1 aromatic rings. The average Bonchev–Trinajstić information content (AvgIpc) is 2.61. The van der Waals surface area contributed by atoms with Gasteiger partial charge in [0.2, 0.25) is 11.8 Å². The third-order valence-electron chi connectivity index (χ3n) is 5.19. The fourth-order valence-corrected chi connectivity index (χ4v) is 3.39. The molecule has 0 aliphatic carbocycles. The van der Waals surface area contributed by atoms with E-state index in [1.807, 2.05) is 19.1 Å². The van der Waals surface area contributed by atoms with Gasteiger partial charge in [0.25, 0.3) is 0 Å².